The molecule has 0 saturated carbocycles. The maximum Gasteiger partial charge on any atom is 0.348 e. The van der Waals surface area contributed by atoms with Crippen molar-refractivity contribution >= 4 is 23.6 Å². The number of rotatable bonds is 7. The lowest BCUT2D eigenvalue weighted by Crippen LogP contribution is -2.07. The molecule has 5 nitrogen and oxygen atoms in total. The maximum atomic E-state index is 11.8. The highest BCUT2D eigenvalue weighted by molar-refractivity contribution is 6.32. The summed E-state index contributed by atoms with van der Waals surface area (Å²) in [5, 5.41) is 18.9. The van der Waals surface area contributed by atoms with E-state index in [-0.39, 0.29) is 28.7 Å². The molecule has 0 unspecified atom stereocenters. The third-order valence-electron chi connectivity index (χ3n) is 2.73. The minimum Gasteiger partial charge on any atom is -0.503 e. The van der Waals surface area contributed by atoms with Crippen LogP contribution in [-0.4, -0.2) is 24.3 Å². The number of unbranched alkanes of at least 4 members (excludes halogenated alkanes) is 1. The zero-order valence-electron chi connectivity index (χ0n) is 12.6. The molecular formula is C16H18ClNO4. The number of phenols is 1. The normalized spacial score (nSPS) is 10.9. The van der Waals surface area contributed by atoms with Gasteiger partial charge in [0.25, 0.3) is 0 Å². The second-order valence-corrected chi connectivity index (χ2v) is 4.85. The van der Waals surface area contributed by atoms with Crippen LogP contribution >= 0.6 is 11.6 Å². The van der Waals surface area contributed by atoms with E-state index < -0.39 is 5.97 Å². The summed E-state index contributed by atoms with van der Waals surface area (Å²) in [7, 11) is 0. The number of esters is 1. The number of nitrogens with zero attached hydrogens (tertiary/aromatic N) is 1. The van der Waals surface area contributed by atoms with Crippen molar-refractivity contribution in [2.24, 2.45) is 0 Å². The first-order chi connectivity index (χ1) is 10.5. The summed E-state index contributed by atoms with van der Waals surface area (Å²) in [4.78, 5) is 11.8. The number of hydrogen-bond acceptors (Lipinski definition) is 5. The second-order valence-electron chi connectivity index (χ2n) is 4.44. The Morgan fingerprint density at radius 2 is 2.18 bits per heavy atom. The molecule has 1 rings (SSSR count). The third-order valence-corrected chi connectivity index (χ3v) is 3.02. The standard InChI is InChI=1S/C16H18ClNO4/c1-3-5-6-22-16(20)12(10-18)7-11-8-13(17)15(19)14(9-11)21-4-2/h7-9,19H,3-6H2,1-2H3/b12-7+. The van der Waals surface area contributed by atoms with Gasteiger partial charge in [0.15, 0.2) is 11.5 Å². The van der Waals surface area contributed by atoms with E-state index in [1.807, 2.05) is 6.92 Å². The van der Waals surface area contributed by atoms with Crippen molar-refractivity contribution in [2.75, 3.05) is 13.2 Å². The molecule has 0 fully saturated rings. The minimum absolute atomic E-state index is 0.0776. The molecule has 0 bridgehead atoms. The van der Waals surface area contributed by atoms with Crippen LogP contribution in [0.2, 0.25) is 5.02 Å². The SMILES string of the molecule is CCCCOC(=O)/C(C#N)=C/c1cc(Cl)c(O)c(OCC)c1. The summed E-state index contributed by atoms with van der Waals surface area (Å²) in [6, 6.07) is 4.74. The first kappa shape index (κ1) is 17.9. The number of carbonyl (C=O) groups excluding carboxylic acids is 1. The van der Waals surface area contributed by atoms with E-state index in [0.29, 0.717) is 12.2 Å². The Hall–Kier alpha value is -2.19. The Labute approximate surface area is 134 Å². The van der Waals surface area contributed by atoms with Gasteiger partial charge in [-0.1, -0.05) is 24.9 Å². The van der Waals surface area contributed by atoms with Gasteiger partial charge >= 0.3 is 5.97 Å². The number of nitriles is 1. The van der Waals surface area contributed by atoms with Crippen LogP contribution in [-0.2, 0) is 9.53 Å². The number of carbonyl (C=O) groups is 1. The number of aromatic hydroxyl groups is 1. The number of phenolic OH excluding ortho intramolecular Hbond substituents is 1. The summed E-state index contributed by atoms with van der Waals surface area (Å²) in [6.45, 7) is 4.36. The Bertz CT molecular complexity index is 605. The molecule has 0 radical (unpaired) electrons. The zero-order chi connectivity index (χ0) is 16.5. The Kier molecular flexibility index (Phi) is 7.27. The molecule has 0 aromatic heterocycles. The van der Waals surface area contributed by atoms with Gasteiger partial charge in [0, 0.05) is 0 Å². The number of hydrogen-bond donors (Lipinski definition) is 1. The number of ether oxygens (including phenoxy) is 2. The molecule has 6 heteroatoms. The average Bonchev–Trinajstić information content (AvgIpc) is 2.50. The summed E-state index contributed by atoms with van der Waals surface area (Å²) in [5.74, 6) is -0.666. The molecule has 0 saturated heterocycles. The molecule has 0 aliphatic heterocycles. The van der Waals surface area contributed by atoms with Crippen molar-refractivity contribution < 1.29 is 19.4 Å². The van der Waals surface area contributed by atoms with Crippen molar-refractivity contribution in [1.29, 1.82) is 5.26 Å². The van der Waals surface area contributed by atoms with E-state index in [1.165, 1.54) is 18.2 Å². The van der Waals surface area contributed by atoms with Crippen molar-refractivity contribution in [3.05, 3.63) is 28.3 Å². The van der Waals surface area contributed by atoms with E-state index >= 15 is 0 Å². The van der Waals surface area contributed by atoms with Crippen molar-refractivity contribution in [3.8, 4) is 17.6 Å². The molecule has 0 aliphatic carbocycles. The highest BCUT2D eigenvalue weighted by Crippen LogP contribution is 2.35. The molecule has 0 aliphatic rings. The molecule has 118 valence electrons. The van der Waals surface area contributed by atoms with Gasteiger partial charge in [-0.05, 0) is 37.1 Å². The van der Waals surface area contributed by atoms with Crippen molar-refractivity contribution in [2.45, 2.75) is 26.7 Å². The average molecular weight is 324 g/mol. The van der Waals surface area contributed by atoms with Gasteiger partial charge in [0.1, 0.15) is 11.6 Å². The predicted octanol–water partition coefficient (Wildman–Crippen LogP) is 3.69. The monoisotopic (exact) mass is 323 g/mol. The minimum atomic E-state index is -0.682. The summed E-state index contributed by atoms with van der Waals surface area (Å²) in [5.41, 5.74) is 0.329. The number of benzene rings is 1. The fraction of sp³-hybridized carbons (Fsp3) is 0.375. The van der Waals surface area contributed by atoms with Gasteiger partial charge in [-0.25, -0.2) is 4.79 Å². The van der Waals surface area contributed by atoms with Gasteiger partial charge in [-0.2, -0.15) is 5.26 Å². The molecule has 0 spiro atoms. The van der Waals surface area contributed by atoms with Crippen LogP contribution in [0.15, 0.2) is 17.7 Å². The molecular weight excluding hydrogens is 306 g/mol. The first-order valence-electron chi connectivity index (χ1n) is 6.97. The molecule has 1 N–H and O–H groups in total. The highest BCUT2D eigenvalue weighted by Gasteiger charge is 2.13. The van der Waals surface area contributed by atoms with Gasteiger partial charge < -0.3 is 14.6 Å². The fourth-order valence-corrected chi connectivity index (χ4v) is 1.85. The Morgan fingerprint density at radius 1 is 1.45 bits per heavy atom. The molecule has 0 atom stereocenters. The van der Waals surface area contributed by atoms with Gasteiger partial charge in [0.05, 0.1) is 18.2 Å². The van der Waals surface area contributed by atoms with Crippen LogP contribution in [0.4, 0.5) is 0 Å². The quantitative estimate of drug-likeness (QED) is 0.358. The Morgan fingerprint density at radius 3 is 2.77 bits per heavy atom. The van der Waals surface area contributed by atoms with Crippen LogP contribution in [0.3, 0.4) is 0 Å². The van der Waals surface area contributed by atoms with Gasteiger partial charge in [-0.3, -0.25) is 0 Å². The van der Waals surface area contributed by atoms with Crippen LogP contribution < -0.4 is 4.74 Å². The molecule has 0 amide bonds. The molecule has 1 aromatic carbocycles. The van der Waals surface area contributed by atoms with Crippen LogP contribution in [0.5, 0.6) is 11.5 Å². The summed E-state index contributed by atoms with van der Waals surface area (Å²) < 4.78 is 10.2. The van der Waals surface area contributed by atoms with E-state index in [4.69, 9.17) is 26.3 Å². The van der Waals surface area contributed by atoms with Crippen molar-refractivity contribution in [3.63, 3.8) is 0 Å². The zero-order valence-corrected chi connectivity index (χ0v) is 13.3. The maximum absolute atomic E-state index is 11.8. The van der Waals surface area contributed by atoms with Crippen LogP contribution in [0.1, 0.15) is 32.3 Å². The smallest absolute Gasteiger partial charge is 0.348 e. The third kappa shape index (κ3) is 4.97. The van der Waals surface area contributed by atoms with E-state index in [9.17, 15) is 9.90 Å². The second kappa shape index (κ2) is 8.96. The lowest BCUT2D eigenvalue weighted by atomic mass is 10.1. The molecule has 1 aromatic rings. The summed E-state index contributed by atoms with van der Waals surface area (Å²) >= 11 is 5.90. The molecule has 22 heavy (non-hydrogen) atoms. The Balaban J connectivity index is 3.02. The topological polar surface area (TPSA) is 79.6 Å². The van der Waals surface area contributed by atoms with Gasteiger partial charge in [0.2, 0.25) is 0 Å². The lowest BCUT2D eigenvalue weighted by molar-refractivity contribution is -0.138. The highest BCUT2D eigenvalue weighted by atomic mass is 35.5. The lowest BCUT2D eigenvalue weighted by Gasteiger charge is -2.08. The molecule has 0 heterocycles. The predicted molar refractivity (Wildman–Crippen MR) is 83.7 cm³/mol. The number of halogens is 1. The van der Waals surface area contributed by atoms with Crippen LogP contribution in [0.25, 0.3) is 6.08 Å². The first-order valence-corrected chi connectivity index (χ1v) is 7.35. The fourth-order valence-electron chi connectivity index (χ4n) is 1.63. The van der Waals surface area contributed by atoms with Crippen molar-refractivity contribution in [1.82, 2.24) is 0 Å². The van der Waals surface area contributed by atoms with E-state index in [1.54, 1.807) is 13.0 Å². The summed E-state index contributed by atoms with van der Waals surface area (Å²) in [6.07, 6.45) is 2.98. The largest absolute Gasteiger partial charge is 0.503 e. The van der Waals surface area contributed by atoms with Crippen LogP contribution in [0, 0.1) is 11.3 Å². The van der Waals surface area contributed by atoms with E-state index in [2.05, 4.69) is 0 Å². The van der Waals surface area contributed by atoms with Gasteiger partial charge in [-0.15, -0.1) is 0 Å². The van der Waals surface area contributed by atoms with E-state index in [0.717, 1.165) is 12.8 Å².